The van der Waals surface area contributed by atoms with Crippen molar-refractivity contribution in [2.24, 2.45) is 0 Å². The van der Waals surface area contributed by atoms with Crippen molar-refractivity contribution >= 4 is 5.69 Å². The predicted octanol–water partition coefficient (Wildman–Crippen LogP) is 2.89. The molecule has 0 spiro atoms. The van der Waals surface area contributed by atoms with E-state index in [1.807, 2.05) is 0 Å². The Kier molecular flexibility index (Phi) is 5.86. The first-order valence-electron chi connectivity index (χ1n) is 8.09. The molecule has 1 fully saturated rings. The van der Waals surface area contributed by atoms with E-state index in [9.17, 15) is 0 Å². The molecule has 0 bridgehead atoms. The summed E-state index contributed by atoms with van der Waals surface area (Å²) in [6.45, 7) is 13.5. The molecule has 0 amide bonds. The van der Waals surface area contributed by atoms with Crippen LogP contribution in [0.5, 0.6) is 0 Å². The third kappa shape index (κ3) is 3.74. The summed E-state index contributed by atoms with van der Waals surface area (Å²) < 4.78 is 0. The van der Waals surface area contributed by atoms with Gasteiger partial charge in [0.2, 0.25) is 0 Å². The highest BCUT2D eigenvalue weighted by Crippen LogP contribution is 2.22. The highest BCUT2D eigenvalue weighted by atomic mass is 15.3. The predicted molar refractivity (Wildman–Crippen MR) is 87.5 cm³/mol. The van der Waals surface area contributed by atoms with E-state index in [0.717, 1.165) is 26.1 Å². The fourth-order valence-corrected chi connectivity index (χ4v) is 2.98. The monoisotopic (exact) mass is 275 g/mol. The van der Waals surface area contributed by atoms with E-state index < -0.39 is 0 Å². The minimum Gasteiger partial charge on any atom is -0.369 e. The van der Waals surface area contributed by atoms with Crippen LogP contribution in [-0.2, 0) is 0 Å². The summed E-state index contributed by atoms with van der Waals surface area (Å²) in [7, 11) is 0. The van der Waals surface area contributed by atoms with Crippen LogP contribution in [0.25, 0.3) is 0 Å². The lowest BCUT2D eigenvalue weighted by Crippen LogP contribution is -2.46. The van der Waals surface area contributed by atoms with Crippen molar-refractivity contribution in [3.05, 3.63) is 29.8 Å². The van der Waals surface area contributed by atoms with Gasteiger partial charge in [0.15, 0.2) is 0 Å². The van der Waals surface area contributed by atoms with Crippen LogP contribution >= 0.6 is 0 Å². The van der Waals surface area contributed by atoms with Crippen molar-refractivity contribution in [2.45, 2.75) is 33.2 Å². The van der Waals surface area contributed by atoms with Crippen molar-refractivity contribution < 1.29 is 0 Å². The summed E-state index contributed by atoms with van der Waals surface area (Å²) in [5.74, 6) is 0. The molecule has 0 aromatic heterocycles. The van der Waals surface area contributed by atoms with Crippen LogP contribution in [-0.4, -0.2) is 44.2 Å². The van der Waals surface area contributed by atoms with Crippen molar-refractivity contribution in [3.8, 4) is 0 Å². The SMILES string of the molecule is CCNC(CC)c1ccc(N2CCN(CC)CC2)cc1. The van der Waals surface area contributed by atoms with Gasteiger partial charge in [0.05, 0.1) is 0 Å². The Bertz CT molecular complexity index is 380. The summed E-state index contributed by atoms with van der Waals surface area (Å²) in [6, 6.07) is 9.65. The third-order valence-electron chi connectivity index (χ3n) is 4.34. The minimum atomic E-state index is 0.492. The number of benzene rings is 1. The van der Waals surface area contributed by atoms with Gasteiger partial charge >= 0.3 is 0 Å². The van der Waals surface area contributed by atoms with Crippen molar-refractivity contribution in [3.63, 3.8) is 0 Å². The number of anilines is 1. The molecule has 1 N–H and O–H groups in total. The molecule has 0 aliphatic carbocycles. The van der Waals surface area contributed by atoms with Crippen molar-refractivity contribution in [1.82, 2.24) is 10.2 Å². The van der Waals surface area contributed by atoms with Crippen LogP contribution in [0.4, 0.5) is 5.69 Å². The maximum absolute atomic E-state index is 3.54. The van der Waals surface area contributed by atoms with Crippen LogP contribution in [0, 0.1) is 0 Å². The fourth-order valence-electron chi connectivity index (χ4n) is 2.98. The van der Waals surface area contributed by atoms with Gasteiger partial charge < -0.3 is 15.1 Å². The maximum atomic E-state index is 3.54. The Morgan fingerprint density at radius 2 is 1.65 bits per heavy atom. The van der Waals surface area contributed by atoms with E-state index in [2.05, 4.69) is 60.2 Å². The number of nitrogens with zero attached hydrogens (tertiary/aromatic N) is 2. The number of rotatable bonds is 6. The lowest BCUT2D eigenvalue weighted by atomic mass is 10.0. The molecule has 1 aliphatic rings. The van der Waals surface area contributed by atoms with E-state index in [1.54, 1.807) is 0 Å². The highest BCUT2D eigenvalue weighted by Gasteiger charge is 2.16. The molecule has 1 aliphatic heterocycles. The molecule has 0 saturated carbocycles. The minimum absolute atomic E-state index is 0.492. The largest absolute Gasteiger partial charge is 0.369 e. The number of piperazine rings is 1. The van der Waals surface area contributed by atoms with Crippen molar-refractivity contribution in [1.29, 1.82) is 0 Å². The van der Waals surface area contributed by atoms with Gasteiger partial charge in [-0.15, -0.1) is 0 Å². The summed E-state index contributed by atoms with van der Waals surface area (Å²) in [5.41, 5.74) is 2.78. The second kappa shape index (κ2) is 7.65. The van der Waals surface area contributed by atoms with Crippen LogP contribution in [0.1, 0.15) is 38.8 Å². The van der Waals surface area contributed by atoms with Gasteiger partial charge in [0, 0.05) is 37.9 Å². The maximum Gasteiger partial charge on any atom is 0.0367 e. The van der Waals surface area contributed by atoms with E-state index in [0.29, 0.717) is 6.04 Å². The zero-order valence-electron chi connectivity index (χ0n) is 13.2. The molecule has 1 aromatic rings. The smallest absolute Gasteiger partial charge is 0.0367 e. The number of likely N-dealkylation sites (N-methyl/N-ethyl adjacent to an activating group) is 1. The van der Waals surface area contributed by atoms with E-state index in [1.165, 1.54) is 30.9 Å². The first-order chi connectivity index (χ1) is 9.78. The number of hydrogen-bond acceptors (Lipinski definition) is 3. The normalized spacial score (nSPS) is 18.2. The van der Waals surface area contributed by atoms with E-state index >= 15 is 0 Å². The van der Waals surface area contributed by atoms with Crippen LogP contribution in [0.3, 0.4) is 0 Å². The molecule has 1 atom stereocenters. The van der Waals surface area contributed by atoms with Gasteiger partial charge in [0.1, 0.15) is 0 Å². The molecule has 3 nitrogen and oxygen atoms in total. The van der Waals surface area contributed by atoms with E-state index in [-0.39, 0.29) is 0 Å². The summed E-state index contributed by atoms with van der Waals surface area (Å²) >= 11 is 0. The average molecular weight is 275 g/mol. The molecule has 2 rings (SSSR count). The quantitative estimate of drug-likeness (QED) is 0.861. The second-order valence-corrected chi connectivity index (χ2v) is 5.53. The Balaban J connectivity index is 1.97. The summed E-state index contributed by atoms with van der Waals surface area (Å²) in [4.78, 5) is 5.02. The number of nitrogens with one attached hydrogen (secondary N) is 1. The van der Waals surface area contributed by atoms with E-state index in [4.69, 9.17) is 0 Å². The van der Waals surface area contributed by atoms with Gasteiger partial charge in [-0.2, -0.15) is 0 Å². The molecule has 1 saturated heterocycles. The lowest BCUT2D eigenvalue weighted by Gasteiger charge is -2.35. The molecule has 1 heterocycles. The second-order valence-electron chi connectivity index (χ2n) is 5.53. The number of hydrogen-bond donors (Lipinski definition) is 1. The van der Waals surface area contributed by atoms with Gasteiger partial charge in [-0.25, -0.2) is 0 Å². The Hall–Kier alpha value is -1.06. The summed E-state index contributed by atoms with van der Waals surface area (Å²) in [6.07, 6.45) is 1.14. The van der Waals surface area contributed by atoms with Crippen LogP contribution < -0.4 is 10.2 Å². The standard InChI is InChI=1S/C17H29N3/c1-4-17(18-5-2)15-7-9-16(10-8-15)20-13-11-19(6-3)12-14-20/h7-10,17-18H,4-6,11-14H2,1-3H3. The average Bonchev–Trinajstić information content (AvgIpc) is 2.53. The first-order valence-corrected chi connectivity index (χ1v) is 8.09. The molecular formula is C17H29N3. The third-order valence-corrected chi connectivity index (χ3v) is 4.34. The molecular weight excluding hydrogens is 246 g/mol. The topological polar surface area (TPSA) is 18.5 Å². The molecule has 0 radical (unpaired) electrons. The van der Waals surface area contributed by atoms with Gasteiger partial charge in [0.25, 0.3) is 0 Å². The zero-order valence-corrected chi connectivity index (χ0v) is 13.2. The van der Waals surface area contributed by atoms with Gasteiger partial charge in [-0.3, -0.25) is 0 Å². The first kappa shape index (κ1) is 15.3. The van der Waals surface area contributed by atoms with Crippen molar-refractivity contribution in [2.75, 3.05) is 44.2 Å². The molecule has 112 valence electrons. The summed E-state index contributed by atoms with van der Waals surface area (Å²) in [5, 5.41) is 3.54. The van der Waals surface area contributed by atoms with Crippen LogP contribution in [0.2, 0.25) is 0 Å². The fraction of sp³-hybridized carbons (Fsp3) is 0.647. The molecule has 3 heteroatoms. The Labute approximate surface area is 124 Å². The van der Waals surface area contributed by atoms with Gasteiger partial charge in [-0.1, -0.05) is 32.9 Å². The highest BCUT2D eigenvalue weighted by molar-refractivity contribution is 5.48. The Morgan fingerprint density at radius 1 is 1.00 bits per heavy atom. The lowest BCUT2D eigenvalue weighted by molar-refractivity contribution is 0.271. The molecule has 20 heavy (non-hydrogen) atoms. The molecule has 1 aromatic carbocycles. The van der Waals surface area contributed by atoms with Gasteiger partial charge in [-0.05, 0) is 37.2 Å². The Morgan fingerprint density at radius 3 is 2.15 bits per heavy atom. The van der Waals surface area contributed by atoms with Crippen LogP contribution in [0.15, 0.2) is 24.3 Å². The zero-order chi connectivity index (χ0) is 14.4. The molecule has 1 unspecified atom stereocenters.